The minimum Gasteiger partial charge on any atom is -0.336 e. The van der Waals surface area contributed by atoms with Gasteiger partial charge in [-0.05, 0) is 60.9 Å². The molecule has 1 atom stereocenters. The summed E-state index contributed by atoms with van der Waals surface area (Å²) >= 11 is 13.0. The van der Waals surface area contributed by atoms with E-state index in [2.05, 4.69) is 25.8 Å². The molecule has 4 aromatic rings. The van der Waals surface area contributed by atoms with Gasteiger partial charge in [0.25, 0.3) is 10.1 Å². The number of aromatic nitrogens is 3. The molecule has 1 aliphatic heterocycles. The van der Waals surface area contributed by atoms with E-state index >= 15 is 0 Å². The molecule has 210 valence electrons. The van der Waals surface area contributed by atoms with E-state index in [1.807, 2.05) is 11.8 Å². The Labute approximate surface area is 242 Å². The van der Waals surface area contributed by atoms with Gasteiger partial charge in [0.1, 0.15) is 23.5 Å². The molecule has 0 saturated heterocycles. The second-order valence-corrected chi connectivity index (χ2v) is 13.2. The summed E-state index contributed by atoms with van der Waals surface area (Å²) < 4.78 is 43.3. The van der Waals surface area contributed by atoms with E-state index in [0.717, 1.165) is 6.26 Å². The first-order chi connectivity index (χ1) is 18.7. The summed E-state index contributed by atoms with van der Waals surface area (Å²) in [7, 11) is -3.79. The first-order valence-electron chi connectivity index (χ1n) is 12.5. The topological polar surface area (TPSA) is 91.4 Å². The molecule has 0 fully saturated rings. The van der Waals surface area contributed by atoms with Crippen LogP contribution in [0.4, 0.5) is 15.9 Å². The molecular formula is C28H28Cl2FN5O3S. The lowest BCUT2D eigenvalue weighted by Gasteiger charge is -2.32. The van der Waals surface area contributed by atoms with E-state index in [4.69, 9.17) is 37.5 Å². The highest BCUT2D eigenvalue weighted by atomic mass is 35.5. The molecule has 0 saturated carbocycles. The number of anilines is 2. The normalized spacial score (nSPS) is 15.6. The van der Waals surface area contributed by atoms with E-state index in [9.17, 15) is 12.8 Å². The molecule has 0 amide bonds. The van der Waals surface area contributed by atoms with Gasteiger partial charge in [-0.3, -0.25) is 0 Å². The van der Waals surface area contributed by atoms with Crippen LogP contribution in [0.3, 0.4) is 0 Å². The van der Waals surface area contributed by atoms with E-state index in [0.29, 0.717) is 62.1 Å². The minimum absolute atomic E-state index is 0.133. The van der Waals surface area contributed by atoms with Crippen molar-refractivity contribution in [1.82, 2.24) is 15.0 Å². The predicted octanol–water partition coefficient (Wildman–Crippen LogP) is 7.16. The Morgan fingerprint density at radius 2 is 1.68 bits per heavy atom. The van der Waals surface area contributed by atoms with Gasteiger partial charge in [-0.1, -0.05) is 50.0 Å². The maximum atomic E-state index is 13.8. The van der Waals surface area contributed by atoms with Crippen molar-refractivity contribution >= 4 is 44.8 Å². The van der Waals surface area contributed by atoms with Gasteiger partial charge in [-0.25, -0.2) is 19.4 Å². The summed E-state index contributed by atoms with van der Waals surface area (Å²) in [5.74, 6) is 0.610. The molecule has 0 spiro atoms. The molecule has 8 nitrogen and oxygen atoms in total. The number of halogens is 3. The van der Waals surface area contributed by atoms with Crippen LogP contribution >= 0.6 is 23.2 Å². The average molecular weight is 605 g/mol. The fraction of sp³-hybridized carbons (Fsp3) is 0.286. The number of hydrogen-bond acceptors (Lipinski definition) is 7. The molecule has 1 N–H and O–H groups in total. The van der Waals surface area contributed by atoms with Crippen LogP contribution in [-0.2, 0) is 14.4 Å². The van der Waals surface area contributed by atoms with Gasteiger partial charge < -0.3 is 9.88 Å². The van der Waals surface area contributed by atoms with Crippen molar-refractivity contribution in [2.75, 3.05) is 22.8 Å². The number of nitrogens with zero attached hydrogens (tertiary/aromatic N) is 4. The van der Waals surface area contributed by atoms with Crippen LogP contribution in [0.15, 0.2) is 54.6 Å². The van der Waals surface area contributed by atoms with Gasteiger partial charge in [-0.2, -0.15) is 8.42 Å². The van der Waals surface area contributed by atoms with Crippen molar-refractivity contribution in [3.63, 3.8) is 0 Å². The third-order valence-electron chi connectivity index (χ3n) is 6.29. The Hall–Kier alpha value is -3.18. The maximum Gasteiger partial charge on any atom is 0.285 e. The van der Waals surface area contributed by atoms with Crippen molar-refractivity contribution in [2.24, 2.45) is 5.41 Å². The number of hydrogen-bond donors (Lipinski definition) is 1. The molecule has 0 aliphatic carbocycles. The van der Waals surface area contributed by atoms with Crippen LogP contribution in [0.1, 0.15) is 27.7 Å². The quantitative estimate of drug-likeness (QED) is 0.250. The number of H-pyrrole nitrogens is 1. The van der Waals surface area contributed by atoms with Gasteiger partial charge in [0.15, 0.2) is 5.82 Å². The maximum absolute atomic E-state index is 13.8. The first-order valence-corrected chi connectivity index (χ1v) is 15.1. The predicted molar refractivity (Wildman–Crippen MR) is 157 cm³/mol. The van der Waals surface area contributed by atoms with Crippen LogP contribution < -0.4 is 9.96 Å². The average Bonchev–Trinajstić information content (AvgIpc) is 3.38. The summed E-state index contributed by atoms with van der Waals surface area (Å²) in [6, 6.07) is 14.7. The first kappa shape index (κ1) is 28.4. The minimum atomic E-state index is -3.79. The molecule has 1 unspecified atom stereocenters. The van der Waals surface area contributed by atoms with E-state index < -0.39 is 16.3 Å². The fourth-order valence-corrected chi connectivity index (χ4v) is 5.73. The monoisotopic (exact) mass is 603 g/mol. The van der Waals surface area contributed by atoms with Crippen LogP contribution in [0, 0.1) is 11.2 Å². The smallest absolute Gasteiger partial charge is 0.285 e. The Kier molecular flexibility index (Phi) is 7.33. The highest BCUT2D eigenvalue weighted by Gasteiger charge is 2.39. The lowest BCUT2D eigenvalue weighted by molar-refractivity contribution is 0.254. The molecule has 1 aliphatic rings. The molecule has 3 heterocycles. The second kappa shape index (κ2) is 10.3. The lowest BCUT2D eigenvalue weighted by atomic mass is 9.96. The Morgan fingerprint density at radius 1 is 1.02 bits per heavy atom. The molecule has 2 aromatic carbocycles. The number of nitrogens with one attached hydrogen (secondary N) is 1. The summed E-state index contributed by atoms with van der Waals surface area (Å²) in [6.07, 6.45) is 0.566. The Balaban J connectivity index is 1.70. The zero-order chi connectivity index (χ0) is 29.0. The molecule has 12 heteroatoms. The summed E-state index contributed by atoms with van der Waals surface area (Å²) in [4.78, 5) is 15.1. The lowest BCUT2D eigenvalue weighted by Crippen LogP contribution is -2.45. The highest BCUT2D eigenvalue weighted by Crippen LogP contribution is 2.43. The molecule has 2 aromatic heterocycles. The van der Waals surface area contributed by atoms with Gasteiger partial charge in [-0.15, -0.1) is 4.28 Å². The molecule has 0 radical (unpaired) electrons. The number of benzene rings is 2. The Morgan fingerprint density at radius 3 is 2.27 bits per heavy atom. The zero-order valence-corrected chi connectivity index (χ0v) is 24.9. The summed E-state index contributed by atoms with van der Waals surface area (Å²) in [6.45, 7) is 8.70. The second-order valence-electron chi connectivity index (χ2n) is 10.9. The SMILES string of the molecule is CC1N(CC(C)(C)C)c2nc(-c3[nH]c(-c4c(Cl)cccc4Cl)nc3-c3ccc(F)cc3)ccc2N1OS(C)(=O)=O. The van der Waals surface area contributed by atoms with Gasteiger partial charge in [0.05, 0.1) is 38.9 Å². The van der Waals surface area contributed by atoms with Gasteiger partial charge in [0, 0.05) is 12.1 Å². The zero-order valence-electron chi connectivity index (χ0n) is 22.5. The number of fused-ring (bicyclic) bond motifs is 1. The van der Waals surface area contributed by atoms with E-state index in [1.54, 1.807) is 42.5 Å². The Bertz CT molecular complexity index is 1670. The number of imidazole rings is 1. The highest BCUT2D eigenvalue weighted by molar-refractivity contribution is 7.86. The van der Waals surface area contributed by atoms with Crippen molar-refractivity contribution in [2.45, 2.75) is 33.9 Å². The van der Waals surface area contributed by atoms with E-state index in [1.165, 1.54) is 17.2 Å². The van der Waals surface area contributed by atoms with Crippen LogP contribution in [0.5, 0.6) is 0 Å². The summed E-state index contributed by atoms with van der Waals surface area (Å²) in [5.41, 5.74) is 3.19. The molecule has 0 bridgehead atoms. The number of rotatable bonds is 6. The van der Waals surface area contributed by atoms with Gasteiger partial charge >= 0.3 is 0 Å². The fourth-order valence-electron chi connectivity index (χ4n) is 4.65. The number of hydroxylamine groups is 1. The third kappa shape index (κ3) is 5.67. The van der Waals surface area contributed by atoms with Crippen molar-refractivity contribution in [3.8, 4) is 34.0 Å². The molecule has 5 rings (SSSR count). The van der Waals surface area contributed by atoms with E-state index in [-0.39, 0.29) is 11.2 Å². The van der Waals surface area contributed by atoms with Crippen LogP contribution in [0.25, 0.3) is 34.0 Å². The van der Waals surface area contributed by atoms with Crippen LogP contribution in [-0.4, -0.2) is 42.3 Å². The summed E-state index contributed by atoms with van der Waals surface area (Å²) in [5, 5.41) is 2.19. The third-order valence-corrected chi connectivity index (χ3v) is 7.35. The standard InChI is InChI=1S/C28H28Cl2FN5O3S/c1-16-35(15-28(2,3)4)27-22(36(16)39-40(5,37)38)14-13-21(32-27)25-24(17-9-11-18(31)12-10-17)33-26(34-25)23-19(29)7-6-8-20(23)30/h6-14,16H,15H2,1-5H3,(H,33,34). The van der Waals surface area contributed by atoms with Gasteiger partial charge in [0.2, 0.25) is 0 Å². The van der Waals surface area contributed by atoms with Crippen molar-refractivity contribution < 1.29 is 17.1 Å². The largest absolute Gasteiger partial charge is 0.336 e. The van der Waals surface area contributed by atoms with Crippen LogP contribution in [0.2, 0.25) is 10.0 Å². The molecule has 40 heavy (non-hydrogen) atoms. The van der Waals surface area contributed by atoms with Crippen molar-refractivity contribution in [3.05, 3.63) is 70.5 Å². The number of pyridine rings is 1. The van der Waals surface area contributed by atoms with Crippen molar-refractivity contribution in [1.29, 1.82) is 0 Å². The molecular weight excluding hydrogens is 576 g/mol. The number of aromatic amines is 1.